The van der Waals surface area contributed by atoms with Crippen LogP contribution >= 0.6 is 0 Å². The van der Waals surface area contributed by atoms with Gasteiger partial charge in [0.2, 0.25) is 0 Å². The minimum absolute atomic E-state index is 0.272. The van der Waals surface area contributed by atoms with Crippen molar-refractivity contribution in [3.8, 4) is 0 Å². The topological polar surface area (TPSA) is 17.1 Å². The van der Waals surface area contributed by atoms with E-state index in [4.69, 9.17) is 0 Å². The van der Waals surface area contributed by atoms with E-state index < -0.39 is 11.3 Å². The third kappa shape index (κ3) is 2.56. The second-order valence-corrected chi connectivity index (χ2v) is 4.34. The third-order valence-corrected chi connectivity index (χ3v) is 3.04. The van der Waals surface area contributed by atoms with Crippen molar-refractivity contribution in [2.24, 2.45) is 11.3 Å². The van der Waals surface area contributed by atoms with Crippen LogP contribution in [0.25, 0.3) is 0 Å². The molecule has 1 aliphatic rings. The van der Waals surface area contributed by atoms with Gasteiger partial charge in [-0.3, -0.25) is 4.79 Å². The number of hydrogen-bond acceptors (Lipinski definition) is 1. The molecule has 0 aromatic heterocycles. The maximum absolute atomic E-state index is 13.2. The predicted octanol–water partition coefficient (Wildman–Crippen LogP) is 4.06. The van der Waals surface area contributed by atoms with Crippen molar-refractivity contribution in [3.05, 3.63) is 0 Å². The fraction of sp³-hybridized carbons (Fsp3) is 0.917. The molecule has 0 aromatic rings. The van der Waals surface area contributed by atoms with E-state index in [-0.39, 0.29) is 11.7 Å². The Hall–Kier alpha value is -0.470. The molecule has 0 aromatic carbocycles. The molecule has 3 heteroatoms. The van der Waals surface area contributed by atoms with Gasteiger partial charge in [-0.1, -0.05) is 34.1 Å². The van der Waals surface area contributed by atoms with Gasteiger partial charge in [0.1, 0.15) is 5.78 Å². The van der Waals surface area contributed by atoms with E-state index in [2.05, 4.69) is 0 Å². The molecule has 1 saturated carbocycles. The molecule has 90 valence electrons. The second-order valence-electron chi connectivity index (χ2n) is 4.34. The summed E-state index contributed by atoms with van der Waals surface area (Å²) in [6, 6.07) is 0. The maximum Gasteiger partial charge on any atom is 0.257 e. The van der Waals surface area contributed by atoms with Crippen LogP contribution in [-0.4, -0.2) is 11.7 Å². The summed E-state index contributed by atoms with van der Waals surface area (Å²) in [5, 5.41) is 0. The Morgan fingerprint density at radius 3 is 1.73 bits per heavy atom. The molecule has 0 aliphatic heterocycles. The SMILES string of the molecule is CC.CC(C)C(=O)C1(C(C)(F)F)CCC1. The fourth-order valence-electron chi connectivity index (χ4n) is 1.98. The van der Waals surface area contributed by atoms with Crippen LogP contribution in [0.15, 0.2) is 0 Å². The Labute approximate surface area is 91.2 Å². The summed E-state index contributed by atoms with van der Waals surface area (Å²) in [5.41, 5.74) is -1.33. The van der Waals surface area contributed by atoms with E-state index in [9.17, 15) is 13.6 Å². The summed E-state index contributed by atoms with van der Waals surface area (Å²) < 4.78 is 26.4. The predicted molar refractivity (Wildman–Crippen MR) is 58.1 cm³/mol. The molecule has 0 atom stereocenters. The van der Waals surface area contributed by atoms with Crippen molar-refractivity contribution in [1.82, 2.24) is 0 Å². The molecular weight excluding hydrogens is 198 g/mol. The van der Waals surface area contributed by atoms with Crippen LogP contribution in [0.1, 0.15) is 53.9 Å². The summed E-state index contributed by atoms with van der Waals surface area (Å²) in [7, 11) is 0. The summed E-state index contributed by atoms with van der Waals surface area (Å²) in [6.07, 6.45) is 1.46. The zero-order chi connectivity index (χ0) is 12.3. The molecule has 1 fully saturated rings. The van der Waals surface area contributed by atoms with Crippen LogP contribution in [0.4, 0.5) is 8.78 Å². The maximum atomic E-state index is 13.2. The number of halogens is 2. The zero-order valence-corrected chi connectivity index (χ0v) is 10.4. The normalized spacial score (nSPS) is 18.9. The first-order valence-electron chi connectivity index (χ1n) is 5.73. The van der Waals surface area contributed by atoms with Gasteiger partial charge in [-0.25, -0.2) is 8.78 Å². The molecule has 1 nitrogen and oxygen atoms in total. The fourth-order valence-corrected chi connectivity index (χ4v) is 1.98. The average Bonchev–Trinajstić information content (AvgIpc) is 2.02. The van der Waals surface area contributed by atoms with Gasteiger partial charge in [0.25, 0.3) is 5.92 Å². The molecule has 0 N–H and O–H groups in total. The van der Waals surface area contributed by atoms with Crippen LogP contribution in [0, 0.1) is 11.3 Å². The summed E-state index contributed by atoms with van der Waals surface area (Å²) >= 11 is 0. The van der Waals surface area contributed by atoms with Crippen molar-refractivity contribution >= 4 is 5.78 Å². The number of alkyl halides is 2. The lowest BCUT2D eigenvalue weighted by Crippen LogP contribution is -2.52. The van der Waals surface area contributed by atoms with E-state index in [0.717, 1.165) is 13.3 Å². The van der Waals surface area contributed by atoms with Gasteiger partial charge < -0.3 is 0 Å². The minimum Gasteiger partial charge on any atom is -0.299 e. The molecule has 0 radical (unpaired) electrons. The lowest BCUT2D eigenvalue weighted by Gasteiger charge is -2.45. The Morgan fingerprint density at radius 1 is 1.27 bits per heavy atom. The van der Waals surface area contributed by atoms with Crippen LogP contribution in [0.3, 0.4) is 0 Å². The molecule has 1 aliphatic carbocycles. The first-order chi connectivity index (χ1) is 6.81. The van der Waals surface area contributed by atoms with Gasteiger partial charge in [0.05, 0.1) is 5.41 Å². The van der Waals surface area contributed by atoms with Gasteiger partial charge >= 0.3 is 0 Å². The quantitative estimate of drug-likeness (QED) is 0.701. The van der Waals surface area contributed by atoms with E-state index >= 15 is 0 Å². The largest absolute Gasteiger partial charge is 0.299 e. The molecule has 1 rings (SSSR count). The van der Waals surface area contributed by atoms with E-state index in [0.29, 0.717) is 12.8 Å². The van der Waals surface area contributed by atoms with Gasteiger partial charge in [0, 0.05) is 12.8 Å². The van der Waals surface area contributed by atoms with Crippen LogP contribution < -0.4 is 0 Å². The standard InChI is InChI=1S/C10H16F2O.C2H6/c1-7(2)8(13)10(5-4-6-10)9(3,11)12;1-2/h7H,4-6H2,1-3H3;1-2H3. The Bertz CT molecular complexity index is 212. The molecule has 0 spiro atoms. The number of ketones is 1. The smallest absolute Gasteiger partial charge is 0.257 e. The Morgan fingerprint density at radius 2 is 1.67 bits per heavy atom. The first kappa shape index (κ1) is 14.5. The lowest BCUT2D eigenvalue weighted by molar-refractivity contribution is -0.175. The molecule has 0 heterocycles. The highest BCUT2D eigenvalue weighted by atomic mass is 19.3. The third-order valence-electron chi connectivity index (χ3n) is 3.04. The zero-order valence-electron chi connectivity index (χ0n) is 10.4. The summed E-state index contributed by atoms with van der Waals surface area (Å²) in [4.78, 5) is 11.6. The van der Waals surface area contributed by atoms with Crippen LogP contribution in [0.5, 0.6) is 0 Å². The van der Waals surface area contributed by atoms with E-state index in [1.54, 1.807) is 13.8 Å². The van der Waals surface area contributed by atoms with Crippen LogP contribution in [0.2, 0.25) is 0 Å². The Kier molecular flexibility index (Phi) is 4.88. The van der Waals surface area contributed by atoms with Crippen molar-refractivity contribution in [2.45, 2.75) is 59.8 Å². The summed E-state index contributed by atoms with van der Waals surface area (Å²) in [5.74, 6) is -3.41. The second kappa shape index (κ2) is 5.04. The van der Waals surface area contributed by atoms with E-state index in [1.807, 2.05) is 13.8 Å². The van der Waals surface area contributed by atoms with Crippen molar-refractivity contribution in [1.29, 1.82) is 0 Å². The summed E-state index contributed by atoms with van der Waals surface area (Å²) in [6.45, 7) is 8.24. The average molecular weight is 220 g/mol. The van der Waals surface area contributed by atoms with Gasteiger partial charge in [-0.2, -0.15) is 0 Å². The highest BCUT2D eigenvalue weighted by molar-refractivity contribution is 5.88. The molecule has 0 bridgehead atoms. The van der Waals surface area contributed by atoms with Crippen molar-refractivity contribution in [2.75, 3.05) is 0 Å². The molecule has 0 amide bonds. The lowest BCUT2D eigenvalue weighted by atomic mass is 9.60. The van der Waals surface area contributed by atoms with E-state index in [1.165, 1.54) is 0 Å². The highest BCUT2D eigenvalue weighted by Crippen LogP contribution is 2.53. The number of carbonyl (C=O) groups excluding carboxylic acids is 1. The molecule has 0 unspecified atom stereocenters. The van der Waals surface area contributed by atoms with Gasteiger partial charge in [-0.15, -0.1) is 0 Å². The minimum atomic E-state index is -2.85. The first-order valence-corrected chi connectivity index (χ1v) is 5.73. The molecular formula is C12H22F2O. The number of carbonyl (C=O) groups is 1. The van der Waals surface area contributed by atoms with Gasteiger partial charge in [-0.05, 0) is 12.8 Å². The number of Topliss-reactive ketones (excluding diaryl/α,β-unsaturated/α-hetero) is 1. The molecule has 0 saturated heterocycles. The number of hydrogen-bond donors (Lipinski definition) is 0. The van der Waals surface area contributed by atoms with Crippen molar-refractivity contribution in [3.63, 3.8) is 0 Å². The van der Waals surface area contributed by atoms with Crippen molar-refractivity contribution < 1.29 is 13.6 Å². The van der Waals surface area contributed by atoms with Gasteiger partial charge in [0.15, 0.2) is 0 Å². The number of rotatable bonds is 3. The monoisotopic (exact) mass is 220 g/mol. The highest BCUT2D eigenvalue weighted by Gasteiger charge is 2.59. The van der Waals surface area contributed by atoms with Crippen LogP contribution in [-0.2, 0) is 4.79 Å². The Balaban J connectivity index is 0.000000921. The molecule has 15 heavy (non-hydrogen) atoms.